The minimum absolute atomic E-state index is 0.558. The fraction of sp³-hybridized carbons (Fsp3) is 0.250. The van der Waals surface area contributed by atoms with Gasteiger partial charge in [-0.25, -0.2) is 0 Å². The van der Waals surface area contributed by atoms with Crippen LogP contribution >= 0.6 is 11.8 Å². The van der Waals surface area contributed by atoms with Crippen LogP contribution in [0.4, 0.5) is 0 Å². The van der Waals surface area contributed by atoms with E-state index < -0.39 is 0 Å². The number of hydrogen-bond acceptors (Lipinski definition) is 5. The Labute approximate surface area is 200 Å². The Hall–Kier alpha value is -3.02. The lowest BCUT2D eigenvalue weighted by atomic mass is 10.0. The summed E-state index contributed by atoms with van der Waals surface area (Å²) in [6.07, 6.45) is 1.85. The van der Waals surface area contributed by atoms with Crippen LogP contribution in [0.5, 0.6) is 11.5 Å². The van der Waals surface area contributed by atoms with Gasteiger partial charge in [0, 0.05) is 40.9 Å². The molecule has 0 bridgehead atoms. The number of hydrogen-bond donors (Lipinski definition) is 0. The van der Waals surface area contributed by atoms with Gasteiger partial charge in [0.1, 0.15) is 18.0 Å². The van der Waals surface area contributed by atoms with Gasteiger partial charge in [0.15, 0.2) is 5.75 Å². The maximum Gasteiger partial charge on any atom is 0.152 e. The number of methoxy groups -OCH3 is 1. The summed E-state index contributed by atoms with van der Waals surface area (Å²) in [5.74, 6) is 2.70. The maximum absolute atomic E-state index is 6.22. The van der Waals surface area contributed by atoms with E-state index in [1.165, 1.54) is 27.0 Å². The third kappa shape index (κ3) is 5.49. The molecule has 0 unspecified atom stereocenters. The van der Waals surface area contributed by atoms with Gasteiger partial charge in [-0.15, -0.1) is 11.8 Å². The number of nitrogens with zero attached hydrogens (tertiary/aromatic N) is 2. The Bertz CT molecular complexity index is 1180. The van der Waals surface area contributed by atoms with Crippen molar-refractivity contribution in [2.75, 3.05) is 13.8 Å². The second-order valence-electron chi connectivity index (χ2n) is 7.63. The zero-order chi connectivity index (χ0) is 23.0. The summed E-state index contributed by atoms with van der Waals surface area (Å²) in [5, 5.41) is 1.17. The molecule has 5 rings (SSSR count). The number of benzene rings is 3. The van der Waals surface area contributed by atoms with Gasteiger partial charge in [-0.1, -0.05) is 50.2 Å². The van der Waals surface area contributed by atoms with Gasteiger partial charge in [0.25, 0.3) is 0 Å². The molecule has 1 aliphatic heterocycles. The van der Waals surface area contributed by atoms with Gasteiger partial charge in [-0.05, 0) is 47.5 Å². The van der Waals surface area contributed by atoms with Crippen LogP contribution in [-0.4, -0.2) is 23.7 Å². The first-order chi connectivity index (χ1) is 16.3. The first-order valence-corrected chi connectivity index (χ1v) is 12.3. The molecule has 0 saturated heterocycles. The summed E-state index contributed by atoms with van der Waals surface area (Å²) < 4.78 is 11.5. The van der Waals surface area contributed by atoms with E-state index in [2.05, 4.69) is 64.5 Å². The fourth-order valence-corrected chi connectivity index (χ4v) is 4.87. The number of rotatable bonds is 6. The highest BCUT2D eigenvalue weighted by Gasteiger charge is 2.22. The van der Waals surface area contributed by atoms with Crippen LogP contribution in [0.1, 0.15) is 30.5 Å². The van der Waals surface area contributed by atoms with E-state index in [1.807, 2.05) is 50.0 Å². The van der Waals surface area contributed by atoms with Crippen molar-refractivity contribution in [3.8, 4) is 11.5 Å². The Morgan fingerprint density at radius 1 is 1.00 bits per heavy atom. The van der Waals surface area contributed by atoms with Crippen LogP contribution in [0.25, 0.3) is 10.9 Å². The number of aromatic nitrogens is 1. The van der Waals surface area contributed by atoms with Crippen LogP contribution in [0.2, 0.25) is 0 Å². The number of ether oxygens (including phenoxy) is 2. The van der Waals surface area contributed by atoms with Crippen molar-refractivity contribution in [1.29, 1.82) is 0 Å². The predicted octanol–water partition coefficient (Wildman–Crippen LogP) is 6.91. The van der Waals surface area contributed by atoms with Crippen molar-refractivity contribution < 1.29 is 9.47 Å². The minimum Gasteiger partial charge on any atom is -0.497 e. The molecule has 4 nitrogen and oxygen atoms in total. The summed E-state index contributed by atoms with van der Waals surface area (Å²) >= 11 is 1.85. The first kappa shape index (κ1) is 23.1. The molecule has 0 atom stereocenters. The summed E-state index contributed by atoms with van der Waals surface area (Å²) in [6, 6.07) is 25.2. The van der Waals surface area contributed by atoms with E-state index in [0.717, 1.165) is 35.9 Å². The molecule has 0 N–H and O–H groups in total. The normalized spacial score (nSPS) is 12.9. The molecule has 0 amide bonds. The molecule has 0 fully saturated rings. The lowest BCUT2D eigenvalue weighted by Gasteiger charge is -2.30. The predicted molar refractivity (Wildman–Crippen MR) is 137 cm³/mol. The summed E-state index contributed by atoms with van der Waals surface area (Å²) in [4.78, 5) is 8.26. The average molecular weight is 459 g/mol. The van der Waals surface area contributed by atoms with E-state index in [1.54, 1.807) is 7.11 Å². The van der Waals surface area contributed by atoms with Gasteiger partial charge in [-0.2, -0.15) is 0 Å². The standard InChI is InChI=1S/C26H24N2O2S.C2H6/c1-29-22-11-9-19(10-12-22)15-28-16-20-14-21(17-31-23-6-3-2-4-7-23)24-8-5-13-27-25(24)26(20)30-18-28;1-2/h2-14H,15-18H2,1H3;1-2H3. The van der Waals surface area contributed by atoms with E-state index in [0.29, 0.717) is 6.73 Å². The molecule has 0 spiro atoms. The quantitative estimate of drug-likeness (QED) is 0.293. The topological polar surface area (TPSA) is 34.6 Å². The summed E-state index contributed by atoms with van der Waals surface area (Å²) in [7, 11) is 1.69. The van der Waals surface area contributed by atoms with Crippen LogP contribution in [-0.2, 0) is 18.8 Å². The Kier molecular flexibility index (Phi) is 7.87. The molecule has 0 radical (unpaired) electrons. The highest BCUT2D eigenvalue weighted by atomic mass is 32.2. The van der Waals surface area contributed by atoms with Crippen molar-refractivity contribution in [3.05, 3.63) is 95.7 Å². The Balaban J connectivity index is 0.00000126. The molecular weight excluding hydrogens is 428 g/mol. The average Bonchev–Trinajstić information content (AvgIpc) is 2.89. The zero-order valence-corrected chi connectivity index (χ0v) is 20.3. The van der Waals surface area contributed by atoms with E-state index >= 15 is 0 Å². The largest absolute Gasteiger partial charge is 0.497 e. The van der Waals surface area contributed by atoms with Crippen LogP contribution in [0.3, 0.4) is 0 Å². The SMILES string of the molecule is CC.COc1ccc(CN2COc3c(cc(CSc4ccccc4)c4cccnc34)C2)cc1. The highest BCUT2D eigenvalue weighted by molar-refractivity contribution is 7.98. The van der Waals surface area contributed by atoms with Crippen molar-refractivity contribution in [1.82, 2.24) is 9.88 Å². The summed E-state index contributed by atoms with van der Waals surface area (Å²) in [5.41, 5.74) is 4.71. The first-order valence-electron chi connectivity index (χ1n) is 11.4. The number of pyridine rings is 1. The minimum atomic E-state index is 0.558. The molecule has 2 heterocycles. The van der Waals surface area contributed by atoms with Gasteiger partial charge in [0.2, 0.25) is 0 Å². The molecule has 1 aromatic heterocycles. The number of fused-ring (bicyclic) bond motifs is 3. The molecule has 0 aliphatic carbocycles. The lowest BCUT2D eigenvalue weighted by Crippen LogP contribution is -2.31. The Morgan fingerprint density at radius 2 is 1.79 bits per heavy atom. The van der Waals surface area contributed by atoms with Crippen LogP contribution < -0.4 is 9.47 Å². The van der Waals surface area contributed by atoms with E-state index in [4.69, 9.17) is 9.47 Å². The number of thioether (sulfide) groups is 1. The molecule has 170 valence electrons. The third-order valence-electron chi connectivity index (χ3n) is 5.50. The lowest BCUT2D eigenvalue weighted by molar-refractivity contribution is 0.0901. The summed E-state index contributed by atoms with van der Waals surface area (Å²) in [6.45, 7) is 6.23. The molecule has 1 aliphatic rings. The maximum atomic E-state index is 6.22. The zero-order valence-electron chi connectivity index (χ0n) is 19.5. The molecular formula is C28H30N2O2S. The smallest absolute Gasteiger partial charge is 0.152 e. The molecule has 3 aromatic carbocycles. The fourth-order valence-electron chi connectivity index (χ4n) is 3.96. The Morgan fingerprint density at radius 3 is 2.55 bits per heavy atom. The third-order valence-corrected chi connectivity index (χ3v) is 6.56. The molecule has 5 heteroatoms. The van der Waals surface area contributed by atoms with Crippen molar-refractivity contribution in [2.24, 2.45) is 0 Å². The molecule has 33 heavy (non-hydrogen) atoms. The second kappa shape index (κ2) is 11.2. The second-order valence-corrected chi connectivity index (χ2v) is 8.68. The highest BCUT2D eigenvalue weighted by Crippen LogP contribution is 2.37. The van der Waals surface area contributed by atoms with Gasteiger partial charge in [-0.3, -0.25) is 9.88 Å². The monoisotopic (exact) mass is 458 g/mol. The van der Waals surface area contributed by atoms with Crippen LogP contribution in [0, 0.1) is 0 Å². The van der Waals surface area contributed by atoms with Crippen molar-refractivity contribution >= 4 is 22.7 Å². The molecule has 0 saturated carbocycles. The van der Waals surface area contributed by atoms with E-state index in [-0.39, 0.29) is 0 Å². The van der Waals surface area contributed by atoms with Crippen LogP contribution in [0.15, 0.2) is 83.9 Å². The molecule has 4 aromatic rings. The van der Waals surface area contributed by atoms with Crippen molar-refractivity contribution in [3.63, 3.8) is 0 Å². The van der Waals surface area contributed by atoms with Gasteiger partial charge in [0.05, 0.1) is 7.11 Å². The van der Waals surface area contributed by atoms with E-state index in [9.17, 15) is 0 Å². The van der Waals surface area contributed by atoms with Crippen molar-refractivity contribution in [2.45, 2.75) is 37.6 Å². The van der Waals surface area contributed by atoms with Gasteiger partial charge < -0.3 is 9.47 Å². The van der Waals surface area contributed by atoms with Gasteiger partial charge >= 0.3 is 0 Å².